The van der Waals surface area contributed by atoms with E-state index in [1.165, 1.54) is 93.1 Å². The summed E-state index contributed by atoms with van der Waals surface area (Å²) >= 11 is 0. The normalized spacial score (nSPS) is 11.5. The molecule has 0 heterocycles. The number of benzene rings is 3. The molecule has 0 aliphatic rings. The van der Waals surface area contributed by atoms with Crippen LogP contribution in [0.15, 0.2) is 60.7 Å². The quantitative estimate of drug-likeness (QED) is 0.0554. The van der Waals surface area contributed by atoms with Crippen molar-refractivity contribution >= 4 is 17.9 Å². The van der Waals surface area contributed by atoms with Gasteiger partial charge in [0, 0.05) is 0 Å². The van der Waals surface area contributed by atoms with Crippen LogP contribution in [0.2, 0.25) is 0 Å². The fourth-order valence-corrected chi connectivity index (χ4v) is 5.39. The van der Waals surface area contributed by atoms with Gasteiger partial charge in [-0.2, -0.15) is 4.39 Å². The Bertz CT molecular complexity index is 1470. The monoisotopic (exact) mass is 694 g/mol. The molecule has 0 aliphatic carbocycles. The van der Waals surface area contributed by atoms with Crippen LogP contribution in [-0.4, -0.2) is 30.6 Å². The van der Waals surface area contributed by atoms with E-state index in [0.29, 0.717) is 5.56 Å². The second-order valence-electron chi connectivity index (χ2n) is 12.7. The molecule has 3 aromatic carbocycles. The number of esters is 3. The molecule has 0 radical (unpaired) electrons. The molecule has 3 rings (SSSR count). The fourth-order valence-electron chi connectivity index (χ4n) is 5.39. The van der Waals surface area contributed by atoms with E-state index in [2.05, 4.69) is 13.8 Å². The first-order valence-corrected chi connectivity index (χ1v) is 18.2. The minimum absolute atomic E-state index is 0.0232. The Morgan fingerprint density at radius 1 is 0.560 bits per heavy atom. The molecular formula is C41H52F2O7. The van der Waals surface area contributed by atoms with Gasteiger partial charge in [-0.15, -0.1) is 0 Å². The number of hydrogen-bond acceptors (Lipinski definition) is 7. The van der Waals surface area contributed by atoms with E-state index in [0.717, 1.165) is 63.9 Å². The van der Waals surface area contributed by atoms with E-state index < -0.39 is 35.1 Å². The van der Waals surface area contributed by atoms with Crippen molar-refractivity contribution in [3.8, 4) is 17.2 Å². The Labute approximate surface area is 295 Å². The number of carbonyl (C=O) groups excluding carboxylic acids is 3. The second kappa shape index (κ2) is 22.4. The molecular weight excluding hydrogens is 642 g/mol. The van der Waals surface area contributed by atoms with Crippen molar-refractivity contribution < 1.29 is 42.1 Å². The van der Waals surface area contributed by atoms with Gasteiger partial charge in [-0.3, -0.25) is 0 Å². The summed E-state index contributed by atoms with van der Waals surface area (Å²) in [6, 6.07) is 13.8. The van der Waals surface area contributed by atoms with E-state index in [9.17, 15) is 23.2 Å². The molecule has 0 N–H and O–H groups in total. The Kier molecular flexibility index (Phi) is 18.0. The smallest absolute Gasteiger partial charge is 0.346 e. The number of hydrogen-bond donors (Lipinski definition) is 0. The van der Waals surface area contributed by atoms with Crippen LogP contribution in [0.4, 0.5) is 8.78 Å². The lowest BCUT2D eigenvalue weighted by Gasteiger charge is -2.13. The average Bonchev–Trinajstić information content (AvgIpc) is 3.11. The van der Waals surface area contributed by atoms with E-state index in [1.807, 2.05) is 6.92 Å². The summed E-state index contributed by atoms with van der Waals surface area (Å²) < 4.78 is 51.0. The lowest BCUT2D eigenvalue weighted by atomic mass is 10.1. The molecule has 3 aromatic rings. The van der Waals surface area contributed by atoms with Crippen molar-refractivity contribution in [3.63, 3.8) is 0 Å². The summed E-state index contributed by atoms with van der Waals surface area (Å²) in [5.74, 6) is -4.83. The van der Waals surface area contributed by atoms with Crippen molar-refractivity contribution in [2.75, 3.05) is 6.61 Å². The maximum atomic E-state index is 14.8. The highest BCUT2D eigenvalue weighted by Gasteiger charge is 2.22. The van der Waals surface area contributed by atoms with Gasteiger partial charge in [0.2, 0.25) is 5.82 Å². The molecule has 7 nitrogen and oxygen atoms in total. The first kappa shape index (κ1) is 40.2. The second-order valence-corrected chi connectivity index (χ2v) is 12.7. The summed E-state index contributed by atoms with van der Waals surface area (Å²) in [4.78, 5) is 37.7. The minimum atomic E-state index is -1.35. The largest absolute Gasteiger partial charge is 0.490 e. The Morgan fingerprint density at radius 3 is 1.60 bits per heavy atom. The van der Waals surface area contributed by atoms with E-state index in [4.69, 9.17) is 18.9 Å². The molecule has 0 spiro atoms. The molecule has 1 unspecified atom stereocenters. The SMILES string of the molecule is CCCCCCCCCCCCOc1ccc(C(=O)Oc2ccc(C(=O)Oc3ccc(C(=O)OC(C)CCCCCC)cc3)cc2)c(F)c1F. The van der Waals surface area contributed by atoms with Gasteiger partial charge < -0.3 is 18.9 Å². The van der Waals surface area contributed by atoms with E-state index in [-0.39, 0.29) is 35.5 Å². The van der Waals surface area contributed by atoms with E-state index in [1.54, 1.807) is 0 Å². The van der Waals surface area contributed by atoms with Gasteiger partial charge >= 0.3 is 17.9 Å². The third-order valence-corrected chi connectivity index (χ3v) is 8.40. The lowest BCUT2D eigenvalue weighted by Crippen LogP contribution is -2.15. The first-order valence-electron chi connectivity index (χ1n) is 18.2. The molecule has 1 atom stereocenters. The van der Waals surface area contributed by atoms with Crippen LogP contribution in [-0.2, 0) is 4.74 Å². The Morgan fingerprint density at radius 2 is 1.04 bits per heavy atom. The standard InChI is InChI=1S/C41H52F2O7/c1-4-6-8-10-11-12-13-14-15-17-29-47-36-28-27-35(37(42)38(36)43)41(46)50-34-25-21-32(22-26-34)40(45)49-33-23-19-31(20-24-33)39(44)48-30(3)18-16-9-7-5-2/h19-28,30H,4-18,29H2,1-3H3. The van der Waals surface area contributed by atoms with Gasteiger partial charge in [-0.05, 0) is 86.8 Å². The maximum absolute atomic E-state index is 14.8. The number of unbranched alkanes of at least 4 members (excludes halogenated alkanes) is 12. The lowest BCUT2D eigenvalue weighted by molar-refractivity contribution is 0.0319. The Balaban J connectivity index is 1.42. The van der Waals surface area contributed by atoms with Crippen LogP contribution in [0.3, 0.4) is 0 Å². The van der Waals surface area contributed by atoms with Gasteiger partial charge in [0.15, 0.2) is 11.6 Å². The molecule has 0 bridgehead atoms. The van der Waals surface area contributed by atoms with Crippen LogP contribution in [0.5, 0.6) is 17.2 Å². The summed E-state index contributed by atoms with van der Waals surface area (Å²) in [6.45, 7) is 6.48. The zero-order valence-electron chi connectivity index (χ0n) is 29.8. The molecule has 0 saturated heterocycles. The molecule has 0 aromatic heterocycles. The minimum Gasteiger partial charge on any atom is -0.490 e. The summed E-state index contributed by atoms with van der Waals surface area (Å²) in [5, 5.41) is 0. The van der Waals surface area contributed by atoms with Crippen molar-refractivity contribution in [2.24, 2.45) is 0 Å². The summed E-state index contributed by atoms with van der Waals surface area (Å²) in [6.07, 6.45) is 16.5. The number of carbonyl (C=O) groups is 3. The third-order valence-electron chi connectivity index (χ3n) is 8.40. The van der Waals surface area contributed by atoms with Crippen molar-refractivity contribution in [1.82, 2.24) is 0 Å². The topological polar surface area (TPSA) is 88.1 Å². The highest BCUT2D eigenvalue weighted by atomic mass is 19.2. The predicted molar refractivity (Wildman–Crippen MR) is 190 cm³/mol. The fraction of sp³-hybridized carbons (Fsp3) is 0.488. The van der Waals surface area contributed by atoms with Crippen molar-refractivity contribution in [3.05, 3.63) is 89.0 Å². The third kappa shape index (κ3) is 13.9. The molecule has 272 valence electrons. The highest BCUT2D eigenvalue weighted by Crippen LogP contribution is 2.25. The maximum Gasteiger partial charge on any atom is 0.346 e. The number of halogens is 2. The van der Waals surface area contributed by atoms with Crippen LogP contribution in [0.25, 0.3) is 0 Å². The summed E-state index contributed by atoms with van der Waals surface area (Å²) in [5.41, 5.74) is -0.0726. The van der Waals surface area contributed by atoms with Crippen LogP contribution in [0, 0.1) is 11.6 Å². The van der Waals surface area contributed by atoms with Gasteiger partial charge in [0.25, 0.3) is 0 Å². The van der Waals surface area contributed by atoms with Crippen LogP contribution >= 0.6 is 0 Å². The first-order chi connectivity index (χ1) is 24.2. The van der Waals surface area contributed by atoms with E-state index >= 15 is 0 Å². The summed E-state index contributed by atoms with van der Waals surface area (Å²) in [7, 11) is 0. The molecule has 9 heteroatoms. The van der Waals surface area contributed by atoms with Gasteiger partial charge in [-0.1, -0.05) is 90.9 Å². The van der Waals surface area contributed by atoms with Gasteiger partial charge in [0.05, 0.1) is 29.4 Å². The predicted octanol–water partition coefficient (Wildman–Crippen LogP) is 11.2. The molecule has 0 fully saturated rings. The van der Waals surface area contributed by atoms with Crippen LogP contribution in [0.1, 0.15) is 148 Å². The van der Waals surface area contributed by atoms with Crippen LogP contribution < -0.4 is 14.2 Å². The van der Waals surface area contributed by atoms with Crippen molar-refractivity contribution in [2.45, 2.75) is 123 Å². The molecule has 50 heavy (non-hydrogen) atoms. The number of ether oxygens (including phenoxy) is 4. The molecule has 0 amide bonds. The van der Waals surface area contributed by atoms with Gasteiger partial charge in [0.1, 0.15) is 11.5 Å². The zero-order valence-corrected chi connectivity index (χ0v) is 29.8. The highest BCUT2D eigenvalue weighted by molar-refractivity contribution is 5.93. The number of rotatable bonds is 23. The average molecular weight is 695 g/mol. The molecule has 0 saturated carbocycles. The Hall–Kier alpha value is -4.27. The van der Waals surface area contributed by atoms with Gasteiger partial charge in [-0.25, -0.2) is 18.8 Å². The molecule has 0 aliphatic heterocycles. The zero-order chi connectivity index (χ0) is 36.1. The van der Waals surface area contributed by atoms with Crippen molar-refractivity contribution in [1.29, 1.82) is 0 Å².